The van der Waals surface area contributed by atoms with Crippen molar-refractivity contribution in [1.82, 2.24) is 5.32 Å². The predicted molar refractivity (Wildman–Crippen MR) is 99.9 cm³/mol. The number of carbonyl (C=O) groups excluding carboxylic acids is 1. The van der Waals surface area contributed by atoms with Gasteiger partial charge in [-0.15, -0.1) is 6.58 Å². The molecule has 2 aromatic rings. The molecule has 8 heteroatoms. The lowest BCUT2D eigenvalue weighted by Gasteiger charge is -2.08. The molecule has 0 bridgehead atoms. The number of amides is 1. The zero-order chi connectivity index (χ0) is 20.1. The molecule has 2 aromatic carbocycles. The molecule has 0 saturated carbocycles. The Labute approximate surface area is 156 Å². The number of hydrogen-bond donors (Lipinski definition) is 4. The molecule has 0 fully saturated rings. The minimum Gasteiger partial charge on any atom is -0.473 e. The first kappa shape index (κ1) is 21.4. The molecular formula is C19H20N2O6. The third-order valence-corrected chi connectivity index (χ3v) is 2.87. The van der Waals surface area contributed by atoms with Crippen LogP contribution in [-0.4, -0.2) is 41.1 Å². The number of aliphatic carboxylic acids is 2. The number of carboxylic acid groups (broad SMARTS) is 2. The fourth-order valence-electron chi connectivity index (χ4n) is 1.72. The van der Waals surface area contributed by atoms with Gasteiger partial charge in [0.05, 0.1) is 6.54 Å². The number of hydrogen-bond acceptors (Lipinski definition) is 5. The van der Waals surface area contributed by atoms with Crippen LogP contribution in [0.25, 0.3) is 0 Å². The second-order valence-electron chi connectivity index (χ2n) is 5.02. The van der Waals surface area contributed by atoms with Crippen LogP contribution >= 0.6 is 0 Å². The van der Waals surface area contributed by atoms with Crippen LogP contribution in [0.15, 0.2) is 67.3 Å². The Balaban J connectivity index is 0.000000527. The number of rotatable bonds is 7. The molecule has 4 N–H and O–H groups in total. The highest BCUT2D eigenvalue weighted by molar-refractivity contribution is 6.27. The highest BCUT2D eigenvalue weighted by Gasteiger charge is 2.04. The van der Waals surface area contributed by atoms with Crippen molar-refractivity contribution in [1.29, 1.82) is 0 Å². The monoisotopic (exact) mass is 372 g/mol. The summed E-state index contributed by atoms with van der Waals surface area (Å²) in [4.78, 5) is 29.8. The molecule has 0 aliphatic rings. The van der Waals surface area contributed by atoms with Crippen molar-refractivity contribution in [2.75, 3.05) is 18.4 Å². The summed E-state index contributed by atoms with van der Waals surface area (Å²) in [6.07, 6.45) is 1.71. The zero-order valence-electron chi connectivity index (χ0n) is 14.4. The van der Waals surface area contributed by atoms with E-state index in [0.29, 0.717) is 6.54 Å². The number of carboxylic acids is 2. The topological polar surface area (TPSA) is 125 Å². The standard InChI is InChI=1S/C17H18N2O2.C2H2O4/c1-2-12-18-13-17(20)19-14-8-10-16(11-9-14)21-15-6-4-3-5-7-15;3-1(4)2(5)6/h2-11,18H,1,12-13H2,(H,19,20);(H,3,4)(H,5,6). The van der Waals surface area contributed by atoms with Crippen molar-refractivity contribution in [3.05, 3.63) is 67.3 Å². The summed E-state index contributed by atoms with van der Waals surface area (Å²) >= 11 is 0. The maximum atomic E-state index is 11.6. The Kier molecular flexibility index (Phi) is 9.37. The van der Waals surface area contributed by atoms with Crippen LogP contribution < -0.4 is 15.4 Å². The van der Waals surface area contributed by atoms with Crippen molar-refractivity contribution in [2.45, 2.75) is 0 Å². The van der Waals surface area contributed by atoms with Gasteiger partial charge in [-0.05, 0) is 36.4 Å². The van der Waals surface area contributed by atoms with E-state index in [-0.39, 0.29) is 12.5 Å². The molecule has 0 spiro atoms. The van der Waals surface area contributed by atoms with Crippen LogP contribution in [0.1, 0.15) is 0 Å². The van der Waals surface area contributed by atoms with E-state index < -0.39 is 11.9 Å². The second kappa shape index (κ2) is 11.8. The van der Waals surface area contributed by atoms with Gasteiger partial charge in [-0.2, -0.15) is 0 Å². The SMILES string of the molecule is C=CCNCC(=O)Nc1ccc(Oc2ccccc2)cc1.O=C(O)C(=O)O. The van der Waals surface area contributed by atoms with Gasteiger partial charge in [0.1, 0.15) is 11.5 Å². The largest absolute Gasteiger partial charge is 0.473 e. The van der Waals surface area contributed by atoms with Crippen molar-refractivity contribution in [3.63, 3.8) is 0 Å². The van der Waals surface area contributed by atoms with Gasteiger partial charge in [0, 0.05) is 12.2 Å². The van der Waals surface area contributed by atoms with Crippen LogP contribution in [0.4, 0.5) is 5.69 Å². The van der Waals surface area contributed by atoms with E-state index in [0.717, 1.165) is 17.2 Å². The third kappa shape index (κ3) is 9.42. The highest BCUT2D eigenvalue weighted by atomic mass is 16.5. The van der Waals surface area contributed by atoms with Crippen molar-refractivity contribution in [3.8, 4) is 11.5 Å². The fraction of sp³-hybridized carbons (Fsp3) is 0.105. The highest BCUT2D eigenvalue weighted by Crippen LogP contribution is 2.22. The molecule has 0 heterocycles. The summed E-state index contributed by atoms with van der Waals surface area (Å²) in [5.41, 5.74) is 0.737. The Morgan fingerprint density at radius 1 is 0.926 bits per heavy atom. The van der Waals surface area contributed by atoms with Gasteiger partial charge in [0.2, 0.25) is 5.91 Å². The minimum atomic E-state index is -1.82. The summed E-state index contributed by atoms with van der Waals surface area (Å²) in [6.45, 7) is 4.44. The Morgan fingerprint density at radius 2 is 1.48 bits per heavy atom. The zero-order valence-corrected chi connectivity index (χ0v) is 14.4. The average Bonchev–Trinajstić information content (AvgIpc) is 2.65. The first-order valence-electron chi connectivity index (χ1n) is 7.83. The lowest BCUT2D eigenvalue weighted by atomic mass is 10.3. The van der Waals surface area contributed by atoms with Crippen LogP contribution in [-0.2, 0) is 14.4 Å². The van der Waals surface area contributed by atoms with Gasteiger partial charge in [0.15, 0.2) is 0 Å². The average molecular weight is 372 g/mol. The number of ether oxygens (including phenoxy) is 1. The predicted octanol–water partition coefficient (Wildman–Crippen LogP) is 2.35. The molecule has 27 heavy (non-hydrogen) atoms. The number of nitrogens with one attached hydrogen (secondary N) is 2. The van der Waals surface area contributed by atoms with Gasteiger partial charge >= 0.3 is 11.9 Å². The Morgan fingerprint density at radius 3 is 2.00 bits per heavy atom. The Hall–Kier alpha value is -3.65. The smallest absolute Gasteiger partial charge is 0.414 e. The van der Waals surface area contributed by atoms with E-state index in [1.54, 1.807) is 6.08 Å². The van der Waals surface area contributed by atoms with E-state index in [4.69, 9.17) is 24.5 Å². The second-order valence-corrected chi connectivity index (χ2v) is 5.02. The van der Waals surface area contributed by atoms with Gasteiger partial charge < -0.3 is 25.6 Å². The summed E-state index contributed by atoms with van der Waals surface area (Å²) in [7, 11) is 0. The molecule has 8 nitrogen and oxygen atoms in total. The lowest BCUT2D eigenvalue weighted by molar-refractivity contribution is -0.159. The van der Waals surface area contributed by atoms with Crippen molar-refractivity contribution in [2.24, 2.45) is 0 Å². The molecule has 0 aliphatic heterocycles. The molecule has 0 aromatic heterocycles. The molecule has 2 rings (SSSR count). The van der Waals surface area contributed by atoms with E-state index in [9.17, 15) is 4.79 Å². The molecule has 0 unspecified atom stereocenters. The molecule has 142 valence electrons. The Bertz CT molecular complexity index is 748. The molecule has 0 saturated heterocycles. The lowest BCUT2D eigenvalue weighted by Crippen LogP contribution is -2.27. The molecule has 0 aliphatic carbocycles. The quantitative estimate of drug-likeness (QED) is 0.334. The van der Waals surface area contributed by atoms with Crippen molar-refractivity contribution < 1.29 is 29.3 Å². The summed E-state index contributed by atoms with van der Waals surface area (Å²) < 4.78 is 5.68. The molecule has 0 radical (unpaired) electrons. The third-order valence-electron chi connectivity index (χ3n) is 2.87. The fourth-order valence-corrected chi connectivity index (χ4v) is 1.72. The summed E-state index contributed by atoms with van der Waals surface area (Å²) in [5, 5.41) is 20.5. The first-order valence-corrected chi connectivity index (χ1v) is 7.83. The maximum absolute atomic E-state index is 11.6. The van der Waals surface area contributed by atoms with E-state index in [1.165, 1.54) is 0 Å². The van der Waals surface area contributed by atoms with E-state index >= 15 is 0 Å². The first-order chi connectivity index (χ1) is 12.9. The normalized spacial score (nSPS) is 9.33. The minimum absolute atomic E-state index is 0.0893. The van der Waals surface area contributed by atoms with Gasteiger partial charge in [-0.25, -0.2) is 9.59 Å². The number of benzene rings is 2. The van der Waals surface area contributed by atoms with Crippen LogP contribution in [0, 0.1) is 0 Å². The van der Waals surface area contributed by atoms with E-state index in [2.05, 4.69) is 17.2 Å². The summed E-state index contributed by atoms with van der Waals surface area (Å²) in [6, 6.07) is 16.8. The van der Waals surface area contributed by atoms with E-state index in [1.807, 2.05) is 54.6 Å². The number of anilines is 1. The molecule has 0 atom stereocenters. The van der Waals surface area contributed by atoms with Crippen LogP contribution in [0.3, 0.4) is 0 Å². The van der Waals surface area contributed by atoms with Crippen LogP contribution in [0.2, 0.25) is 0 Å². The number of para-hydroxylation sites is 1. The van der Waals surface area contributed by atoms with Gasteiger partial charge in [-0.3, -0.25) is 4.79 Å². The van der Waals surface area contributed by atoms with Gasteiger partial charge in [0.25, 0.3) is 0 Å². The van der Waals surface area contributed by atoms with Crippen molar-refractivity contribution >= 4 is 23.5 Å². The summed E-state index contributed by atoms with van der Waals surface area (Å²) in [5.74, 6) is -2.23. The number of carbonyl (C=O) groups is 3. The maximum Gasteiger partial charge on any atom is 0.414 e. The molecule has 1 amide bonds. The van der Waals surface area contributed by atoms with Gasteiger partial charge in [-0.1, -0.05) is 24.3 Å². The molecular weight excluding hydrogens is 352 g/mol. The van der Waals surface area contributed by atoms with Crippen LogP contribution in [0.5, 0.6) is 11.5 Å².